The summed E-state index contributed by atoms with van der Waals surface area (Å²) in [6.07, 6.45) is 4.24. The van der Waals surface area contributed by atoms with Gasteiger partial charge in [0.2, 0.25) is 0 Å². The van der Waals surface area contributed by atoms with E-state index in [9.17, 15) is 4.79 Å². The summed E-state index contributed by atoms with van der Waals surface area (Å²) >= 11 is 0. The molecule has 3 heteroatoms. The summed E-state index contributed by atoms with van der Waals surface area (Å²) in [5.41, 5.74) is 0. The van der Waals surface area contributed by atoms with Crippen LogP contribution in [0.5, 0.6) is 0 Å². The summed E-state index contributed by atoms with van der Waals surface area (Å²) in [4.78, 5) is 10.2. The molecule has 2 aliphatic rings. The third-order valence-corrected chi connectivity index (χ3v) is 2.87. The van der Waals surface area contributed by atoms with E-state index in [1.54, 1.807) is 0 Å². The van der Waals surface area contributed by atoms with Crippen molar-refractivity contribution in [3.8, 4) is 0 Å². The van der Waals surface area contributed by atoms with Gasteiger partial charge in [-0.1, -0.05) is 0 Å². The SMILES string of the molecule is O=C(O)CCOC1CC2CC2C1. The second kappa shape index (κ2) is 3.05. The molecule has 0 aromatic rings. The highest BCUT2D eigenvalue weighted by atomic mass is 16.5. The van der Waals surface area contributed by atoms with Crippen molar-refractivity contribution in [3.05, 3.63) is 0 Å². The van der Waals surface area contributed by atoms with Crippen LogP contribution < -0.4 is 0 Å². The van der Waals surface area contributed by atoms with Gasteiger partial charge in [0.05, 0.1) is 19.1 Å². The third kappa shape index (κ3) is 1.78. The standard InChI is InChI=1S/C9H14O3/c10-9(11)1-2-12-8-4-6-3-7(6)5-8/h6-8H,1-5H2,(H,10,11). The summed E-state index contributed by atoms with van der Waals surface area (Å²) in [6.45, 7) is 0.388. The summed E-state index contributed by atoms with van der Waals surface area (Å²) in [6, 6.07) is 0. The van der Waals surface area contributed by atoms with Crippen LogP contribution in [0.1, 0.15) is 25.7 Å². The number of ether oxygens (including phenoxy) is 1. The molecule has 0 radical (unpaired) electrons. The highest BCUT2D eigenvalue weighted by molar-refractivity contribution is 5.66. The second-order valence-electron chi connectivity index (χ2n) is 3.86. The topological polar surface area (TPSA) is 46.5 Å². The fraction of sp³-hybridized carbons (Fsp3) is 0.889. The number of fused-ring (bicyclic) bond motifs is 1. The van der Waals surface area contributed by atoms with Gasteiger partial charge >= 0.3 is 5.97 Å². The van der Waals surface area contributed by atoms with Crippen molar-refractivity contribution in [1.29, 1.82) is 0 Å². The van der Waals surface area contributed by atoms with Gasteiger partial charge in [0.15, 0.2) is 0 Å². The van der Waals surface area contributed by atoms with E-state index < -0.39 is 5.97 Å². The molecule has 2 saturated carbocycles. The molecule has 2 aliphatic carbocycles. The summed E-state index contributed by atoms with van der Waals surface area (Å²) in [7, 11) is 0. The molecular weight excluding hydrogens is 156 g/mol. The molecule has 12 heavy (non-hydrogen) atoms. The Morgan fingerprint density at radius 3 is 2.58 bits per heavy atom. The maximum atomic E-state index is 10.2. The first-order chi connectivity index (χ1) is 5.75. The predicted molar refractivity (Wildman–Crippen MR) is 42.8 cm³/mol. The number of aliphatic carboxylic acids is 1. The van der Waals surface area contributed by atoms with Crippen LogP contribution in [0.4, 0.5) is 0 Å². The average Bonchev–Trinajstić information content (AvgIpc) is 2.59. The van der Waals surface area contributed by atoms with Crippen molar-refractivity contribution in [2.75, 3.05) is 6.61 Å². The normalized spacial score (nSPS) is 37.8. The van der Waals surface area contributed by atoms with Gasteiger partial charge in [-0.05, 0) is 31.1 Å². The van der Waals surface area contributed by atoms with Crippen molar-refractivity contribution in [2.45, 2.75) is 31.8 Å². The zero-order valence-corrected chi connectivity index (χ0v) is 7.03. The number of hydrogen-bond acceptors (Lipinski definition) is 2. The lowest BCUT2D eigenvalue weighted by Gasteiger charge is -2.11. The number of hydrogen-bond donors (Lipinski definition) is 1. The molecule has 2 rings (SSSR count). The molecule has 0 saturated heterocycles. The van der Waals surface area contributed by atoms with Crippen molar-refractivity contribution < 1.29 is 14.6 Å². The predicted octanol–water partition coefficient (Wildman–Crippen LogP) is 1.28. The van der Waals surface area contributed by atoms with E-state index in [2.05, 4.69) is 0 Å². The first-order valence-corrected chi connectivity index (χ1v) is 4.59. The smallest absolute Gasteiger partial charge is 0.305 e. The minimum atomic E-state index is -0.766. The molecule has 2 unspecified atom stereocenters. The molecule has 0 aliphatic heterocycles. The molecule has 0 aromatic heterocycles. The van der Waals surface area contributed by atoms with E-state index in [4.69, 9.17) is 9.84 Å². The molecule has 0 bridgehead atoms. The molecule has 2 atom stereocenters. The Hall–Kier alpha value is -0.570. The Morgan fingerprint density at radius 2 is 2.00 bits per heavy atom. The van der Waals surface area contributed by atoms with E-state index in [0.717, 1.165) is 11.8 Å². The zero-order valence-electron chi connectivity index (χ0n) is 7.03. The van der Waals surface area contributed by atoms with Crippen LogP contribution in [-0.4, -0.2) is 23.8 Å². The van der Waals surface area contributed by atoms with Gasteiger partial charge in [-0.15, -0.1) is 0 Å². The van der Waals surface area contributed by atoms with Crippen molar-refractivity contribution in [1.82, 2.24) is 0 Å². The Balaban J connectivity index is 1.58. The van der Waals surface area contributed by atoms with Crippen LogP contribution in [0.3, 0.4) is 0 Å². The first kappa shape index (κ1) is 8.05. The fourth-order valence-electron chi connectivity index (χ4n) is 2.11. The largest absolute Gasteiger partial charge is 0.481 e. The Labute approximate surface area is 71.7 Å². The molecular formula is C9H14O3. The molecule has 0 amide bonds. The zero-order chi connectivity index (χ0) is 8.55. The Kier molecular flexibility index (Phi) is 2.05. The van der Waals surface area contributed by atoms with Gasteiger partial charge in [0.1, 0.15) is 0 Å². The number of carboxylic acids is 1. The molecule has 1 N–H and O–H groups in total. The maximum Gasteiger partial charge on any atom is 0.305 e. The van der Waals surface area contributed by atoms with E-state index in [1.807, 2.05) is 0 Å². The highest BCUT2D eigenvalue weighted by Crippen LogP contribution is 2.52. The third-order valence-electron chi connectivity index (χ3n) is 2.87. The molecule has 3 nitrogen and oxygen atoms in total. The van der Waals surface area contributed by atoms with Crippen LogP contribution in [-0.2, 0) is 9.53 Å². The highest BCUT2D eigenvalue weighted by Gasteiger charge is 2.46. The Morgan fingerprint density at radius 1 is 1.33 bits per heavy atom. The van der Waals surface area contributed by atoms with Crippen LogP contribution in [0.2, 0.25) is 0 Å². The summed E-state index contributed by atoms with van der Waals surface area (Å²) in [5.74, 6) is 1.07. The van der Waals surface area contributed by atoms with Gasteiger partial charge in [-0.3, -0.25) is 4.79 Å². The lowest BCUT2D eigenvalue weighted by atomic mass is 10.2. The van der Waals surface area contributed by atoms with Crippen LogP contribution in [0, 0.1) is 11.8 Å². The molecule has 0 aromatic carbocycles. The molecule has 2 fully saturated rings. The number of carbonyl (C=O) groups is 1. The fourth-order valence-corrected chi connectivity index (χ4v) is 2.11. The van der Waals surface area contributed by atoms with Crippen molar-refractivity contribution >= 4 is 5.97 Å². The van der Waals surface area contributed by atoms with Gasteiger partial charge in [0, 0.05) is 0 Å². The van der Waals surface area contributed by atoms with Gasteiger partial charge < -0.3 is 9.84 Å². The van der Waals surface area contributed by atoms with Crippen LogP contribution in [0.25, 0.3) is 0 Å². The van der Waals surface area contributed by atoms with Crippen molar-refractivity contribution in [2.24, 2.45) is 11.8 Å². The maximum absolute atomic E-state index is 10.2. The Bertz CT molecular complexity index is 180. The number of carboxylic acid groups (broad SMARTS) is 1. The lowest BCUT2D eigenvalue weighted by Crippen LogP contribution is -2.13. The first-order valence-electron chi connectivity index (χ1n) is 4.59. The quantitative estimate of drug-likeness (QED) is 0.691. The van der Waals surface area contributed by atoms with Crippen LogP contribution >= 0.6 is 0 Å². The van der Waals surface area contributed by atoms with Gasteiger partial charge in [-0.2, -0.15) is 0 Å². The van der Waals surface area contributed by atoms with E-state index in [0.29, 0.717) is 12.7 Å². The molecule has 0 heterocycles. The minimum Gasteiger partial charge on any atom is -0.481 e. The van der Waals surface area contributed by atoms with Crippen molar-refractivity contribution in [3.63, 3.8) is 0 Å². The number of rotatable bonds is 4. The van der Waals surface area contributed by atoms with Gasteiger partial charge in [-0.25, -0.2) is 0 Å². The summed E-state index contributed by atoms with van der Waals surface area (Å²) in [5, 5.41) is 8.37. The second-order valence-corrected chi connectivity index (χ2v) is 3.86. The van der Waals surface area contributed by atoms with E-state index in [1.165, 1.54) is 19.3 Å². The lowest BCUT2D eigenvalue weighted by molar-refractivity contribution is -0.138. The van der Waals surface area contributed by atoms with Gasteiger partial charge in [0.25, 0.3) is 0 Å². The van der Waals surface area contributed by atoms with E-state index in [-0.39, 0.29) is 6.42 Å². The summed E-state index contributed by atoms with van der Waals surface area (Å²) < 4.78 is 5.43. The molecule has 68 valence electrons. The molecule has 0 spiro atoms. The average molecular weight is 170 g/mol. The van der Waals surface area contributed by atoms with E-state index >= 15 is 0 Å². The monoisotopic (exact) mass is 170 g/mol. The van der Waals surface area contributed by atoms with Crippen LogP contribution in [0.15, 0.2) is 0 Å². The minimum absolute atomic E-state index is 0.145.